The minimum Gasteiger partial charge on any atom is -0.357 e. The molecule has 0 radical (unpaired) electrons. The van der Waals surface area contributed by atoms with Gasteiger partial charge in [0.2, 0.25) is 0 Å². The highest BCUT2D eigenvalue weighted by Gasteiger charge is 2.07. The summed E-state index contributed by atoms with van der Waals surface area (Å²) in [4.78, 5) is 3.21. The molecular formula is C11H11ClN2. The molecule has 0 amide bonds. The van der Waals surface area contributed by atoms with E-state index in [0.717, 1.165) is 21.6 Å². The number of rotatable bonds is 2. The largest absolute Gasteiger partial charge is 0.357 e. The van der Waals surface area contributed by atoms with E-state index in [4.69, 9.17) is 17.3 Å². The van der Waals surface area contributed by atoms with Crippen molar-refractivity contribution in [1.29, 1.82) is 0 Å². The standard InChI is InChI=1S/C11H11ClN2/c1-2-9(13)11-6-7-8(12)4-3-5-10(7)14-11/h2-6,9,14H,1,13H2/t9-/m0/s1. The molecule has 3 N–H and O–H groups in total. The quantitative estimate of drug-likeness (QED) is 0.729. The first-order valence-electron chi connectivity index (χ1n) is 4.37. The first kappa shape index (κ1) is 9.31. The van der Waals surface area contributed by atoms with E-state index in [1.54, 1.807) is 6.08 Å². The minimum absolute atomic E-state index is 0.168. The van der Waals surface area contributed by atoms with Gasteiger partial charge in [0, 0.05) is 21.6 Å². The molecule has 0 saturated heterocycles. The van der Waals surface area contributed by atoms with E-state index in [2.05, 4.69) is 11.6 Å². The summed E-state index contributed by atoms with van der Waals surface area (Å²) in [7, 11) is 0. The van der Waals surface area contributed by atoms with Gasteiger partial charge in [-0.05, 0) is 18.2 Å². The third kappa shape index (κ3) is 1.43. The average molecular weight is 207 g/mol. The maximum absolute atomic E-state index is 6.03. The second-order valence-corrected chi connectivity index (χ2v) is 3.59. The minimum atomic E-state index is -0.168. The van der Waals surface area contributed by atoms with Crippen molar-refractivity contribution in [2.45, 2.75) is 6.04 Å². The lowest BCUT2D eigenvalue weighted by molar-refractivity contribution is 0.880. The number of aromatic amines is 1. The zero-order valence-corrected chi connectivity index (χ0v) is 8.38. The van der Waals surface area contributed by atoms with Crippen molar-refractivity contribution in [1.82, 2.24) is 4.98 Å². The Bertz CT molecular complexity index is 473. The van der Waals surface area contributed by atoms with Gasteiger partial charge in [-0.3, -0.25) is 0 Å². The molecule has 0 bridgehead atoms. The number of aromatic nitrogens is 1. The van der Waals surface area contributed by atoms with Crippen LogP contribution in [0.25, 0.3) is 10.9 Å². The SMILES string of the molecule is C=C[C@H](N)c1cc2c(Cl)cccc2[nH]1. The lowest BCUT2D eigenvalue weighted by Gasteiger charge is -2.00. The molecule has 0 aliphatic carbocycles. The number of halogens is 1. The molecule has 2 nitrogen and oxygen atoms in total. The number of benzene rings is 1. The molecular weight excluding hydrogens is 196 g/mol. The monoisotopic (exact) mass is 206 g/mol. The van der Waals surface area contributed by atoms with Crippen molar-refractivity contribution in [3.63, 3.8) is 0 Å². The van der Waals surface area contributed by atoms with Crippen molar-refractivity contribution in [2.75, 3.05) is 0 Å². The molecule has 0 aliphatic rings. The average Bonchev–Trinajstić information content (AvgIpc) is 2.62. The first-order valence-corrected chi connectivity index (χ1v) is 4.75. The van der Waals surface area contributed by atoms with Crippen LogP contribution in [-0.4, -0.2) is 4.98 Å². The fraction of sp³-hybridized carbons (Fsp3) is 0.0909. The predicted molar refractivity (Wildman–Crippen MR) is 60.4 cm³/mol. The zero-order chi connectivity index (χ0) is 10.1. The summed E-state index contributed by atoms with van der Waals surface area (Å²) in [6, 6.07) is 7.54. The second-order valence-electron chi connectivity index (χ2n) is 3.19. The van der Waals surface area contributed by atoms with Gasteiger partial charge in [0.1, 0.15) is 0 Å². The second kappa shape index (κ2) is 3.48. The Morgan fingerprint density at radius 3 is 2.93 bits per heavy atom. The van der Waals surface area contributed by atoms with E-state index in [1.807, 2.05) is 24.3 Å². The van der Waals surface area contributed by atoms with Gasteiger partial charge in [-0.25, -0.2) is 0 Å². The van der Waals surface area contributed by atoms with Crippen molar-refractivity contribution in [2.24, 2.45) is 5.73 Å². The van der Waals surface area contributed by atoms with Crippen LogP contribution in [-0.2, 0) is 0 Å². The van der Waals surface area contributed by atoms with Gasteiger partial charge in [0.05, 0.1) is 6.04 Å². The van der Waals surface area contributed by atoms with Gasteiger partial charge in [0.25, 0.3) is 0 Å². The van der Waals surface area contributed by atoms with Crippen LogP contribution in [0.1, 0.15) is 11.7 Å². The number of hydrogen-bond donors (Lipinski definition) is 2. The molecule has 1 aromatic heterocycles. The Balaban J connectivity index is 2.62. The van der Waals surface area contributed by atoms with Gasteiger partial charge in [-0.2, -0.15) is 0 Å². The Kier molecular flexibility index (Phi) is 2.32. The van der Waals surface area contributed by atoms with Crippen LogP contribution in [0.15, 0.2) is 36.9 Å². The molecule has 0 aliphatic heterocycles. The number of nitrogens with two attached hydrogens (primary N) is 1. The molecule has 1 heterocycles. The normalized spacial score (nSPS) is 13.0. The Morgan fingerprint density at radius 1 is 1.50 bits per heavy atom. The van der Waals surface area contributed by atoms with E-state index >= 15 is 0 Å². The Morgan fingerprint density at radius 2 is 2.29 bits per heavy atom. The van der Waals surface area contributed by atoms with Crippen LogP contribution in [0, 0.1) is 0 Å². The molecule has 1 atom stereocenters. The summed E-state index contributed by atoms with van der Waals surface area (Å²) >= 11 is 6.03. The van der Waals surface area contributed by atoms with Crippen LogP contribution in [0.5, 0.6) is 0 Å². The lowest BCUT2D eigenvalue weighted by atomic mass is 10.2. The molecule has 0 unspecified atom stereocenters. The highest BCUT2D eigenvalue weighted by atomic mass is 35.5. The summed E-state index contributed by atoms with van der Waals surface area (Å²) in [5.41, 5.74) is 7.75. The third-order valence-electron chi connectivity index (χ3n) is 2.24. The topological polar surface area (TPSA) is 41.8 Å². The van der Waals surface area contributed by atoms with Gasteiger partial charge in [-0.15, -0.1) is 6.58 Å². The lowest BCUT2D eigenvalue weighted by Crippen LogP contribution is -2.06. The zero-order valence-electron chi connectivity index (χ0n) is 7.63. The fourth-order valence-corrected chi connectivity index (χ4v) is 1.68. The number of fused-ring (bicyclic) bond motifs is 1. The molecule has 1 aromatic carbocycles. The van der Waals surface area contributed by atoms with Gasteiger partial charge < -0.3 is 10.7 Å². The number of hydrogen-bond acceptors (Lipinski definition) is 1. The highest BCUT2D eigenvalue weighted by Crippen LogP contribution is 2.25. The summed E-state index contributed by atoms with van der Waals surface area (Å²) in [6.07, 6.45) is 1.69. The molecule has 2 aromatic rings. The summed E-state index contributed by atoms with van der Waals surface area (Å²) < 4.78 is 0. The Hall–Kier alpha value is -1.25. The van der Waals surface area contributed by atoms with Gasteiger partial charge in [0.15, 0.2) is 0 Å². The third-order valence-corrected chi connectivity index (χ3v) is 2.57. The molecule has 72 valence electrons. The highest BCUT2D eigenvalue weighted by molar-refractivity contribution is 6.35. The van der Waals surface area contributed by atoms with Crippen molar-refractivity contribution in [3.05, 3.63) is 47.6 Å². The maximum Gasteiger partial charge on any atom is 0.0631 e. The summed E-state index contributed by atoms with van der Waals surface area (Å²) in [5, 5.41) is 1.74. The number of H-pyrrole nitrogens is 1. The van der Waals surface area contributed by atoms with E-state index in [1.165, 1.54) is 0 Å². The van der Waals surface area contributed by atoms with Crippen LogP contribution in [0.2, 0.25) is 5.02 Å². The molecule has 2 rings (SSSR count). The maximum atomic E-state index is 6.03. The van der Waals surface area contributed by atoms with Crippen molar-refractivity contribution < 1.29 is 0 Å². The van der Waals surface area contributed by atoms with Crippen LogP contribution in [0.3, 0.4) is 0 Å². The summed E-state index contributed by atoms with van der Waals surface area (Å²) in [5.74, 6) is 0. The van der Waals surface area contributed by atoms with E-state index in [-0.39, 0.29) is 6.04 Å². The molecule has 3 heteroatoms. The van der Waals surface area contributed by atoms with Crippen molar-refractivity contribution >= 4 is 22.5 Å². The summed E-state index contributed by atoms with van der Waals surface area (Å²) in [6.45, 7) is 3.65. The van der Waals surface area contributed by atoms with Crippen LogP contribution < -0.4 is 5.73 Å². The first-order chi connectivity index (χ1) is 6.72. The van der Waals surface area contributed by atoms with Gasteiger partial charge in [-0.1, -0.05) is 23.7 Å². The van der Waals surface area contributed by atoms with Crippen LogP contribution in [0.4, 0.5) is 0 Å². The van der Waals surface area contributed by atoms with E-state index in [9.17, 15) is 0 Å². The Labute approximate surface area is 87.4 Å². The molecule has 0 fully saturated rings. The molecule has 14 heavy (non-hydrogen) atoms. The van der Waals surface area contributed by atoms with Crippen LogP contribution >= 0.6 is 11.6 Å². The predicted octanol–water partition coefficient (Wildman–Crippen LogP) is 3.01. The number of nitrogens with one attached hydrogen (secondary N) is 1. The molecule has 0 saturated carbocycles. The molecule has 0 spiro atoms. The fourth-order valence-electron chi connectivity index (χ4n) is 1.45. The van der Waals surface area contributed by atoms with E-state index in [0.29, 0.717) is 0 Å². The van der Waals surface area contributed by atoms with Gasteiger partial charge >= 0.3 is 0 Å². The van der Waals surface area contributed by atoms with Crippen molar-refractivity contribution in [3.8, 4) is 0 Å². The smallest absolute Gasteiger partial charge is 0.0631 e. The van der Waals surface area contributed by atoms with E-state index < -0.39 is 0 Å².